The van der Waals surface area contributed by atoms with Gasteiger partial charge in [-0.2, -0.15) is 0 Å². The first-order valence-corrected chi connectivity index (χ1v) is 11.7. The monoisotopic (exact) mass is 407 g/mol. The van der Waals surface area contributed by atoms with Gasteiger partial charge in [-0.3, -0.25) is 0 Å². The van der Waals surface area contributed by atoms with Crippen molar-refractivity contribution < 1.29 is 14.2 Å². The fraction of sp³-hybridized carbons (Fsp3) is 0.538. The third-order valence-corrected chi connectivity index (χ3v) is 6.78. The lowest BCUT2D eigenvalue weighted by Crippen LogP contribution is -2.39. The van der Waals surface area contributed by atoms with E-state index in [2.05, 4.69) is 53.8 Å². The maximum atomic E-state index is 6.35. The minimum absolute atomic E-state index is 0.155. The molecule has 30 heavy (non-hydrogen) atoms. The van der Waals surface area contributed by atoms with E-state index in [-0.39, 0.29) is 6.10 Å². The van der Waals surface area contributed by atoms with Crippen LogP contribution in [0.25, 0.3) is 0 Å². The van der Waals surface area contributed by atoms with Crippen LogP contribution in [0.5, 0.6) is 11.5 Å². The highest BCUT2D eigenvalue weighted by Crippen LogP contribution is 2.37. The second-order valence-electron chi connectivity index (χ2n) is 8.96. The zero-order valence-electron chi connectivity index (χ0n) is 17.7. The Hall–Kier alpha value is -2.04. The Morgan fingerprint density at radius 1 is 0.933 bits per heavy atom. The van der Waals surface area contributed by atoms with Crippen molar-refractivity contribution in [3.05, 3.63) is 59.7 Å². The van der Waals surface area contributed by atoms with Gasteiger partial charge in [0, 0.05) is 19.2 Å². The standard InChI is InChI=1S/C26H33NO3/c1-2-5-19(6-3-1)25-14-8-20-17-23(13-15-26(20)30-25)29-22-11-9-21(10-12-22)27-18-24-7-4-16-28-24/h1-3,5-6,13,15,17,21-22,24-25,27H,4,7-12,14,16,18H2. The van der Waals surface area contributed by atoms with Gasteiger partial charge in [0.2, 0.25) is 0 Å². The molecule has 5 rings (SSSR count). The molecule has 0 amide bonds. The third-order valence-electron chi connectivity index (χ3n) is 6.78. The molecule has 2 aliphatic heterocycles. The quantitative estimate of drug-likeness (QED) is 0.713. The molecule has 4 nitrogen and oxygen atoms in total. The lowest BCUT2D eigenvalue weighted by Gasteiger charge is -2.31. The molecule has 1 aliphatic carbocycles. The normalized spacial score (nSPS) is 28.5. The molecule has 2 aromatic carbocycles. The summed E-state index contributed by atoms with van der Waals surface area (Å²) in [5.74, 6) is 2.00. The molecule has 0 bridgehead atoms. The van der Waals surface area contributed by atoms with Crippen LogP contribution in [0, 0.1) is 0 Å². The number of benzene rings is 2. The van der Waals surface area contributed by atoms with Crippen LogP contribution in [0.2, 0.25) is 0 Å². The summed E-state index contributed by atoms with van der Waals surface area (Å²) in [6, 6.07) is 17.5. The number of aryl methyl sites for hydroxylation is 1. The van der Waals surface area contributed by atoms with Gasteiger partial charge in [0.25, 0.3) is 0 Å². The summed E-state index contributed by atoms with van der Waals surface area (Å²) in [7, 11) is 0. The molecule has 0 radical (unpaired) electrons. The molecule has 0 spiro atoms. The zero-order chi connectivity index (χ0) is 20.2. The number of hydrogen-bond donors (Lipinski definition) is 1. The molecule has 2 aromatic rings. The second-order valence-corrected chi connectivity index (χ2v) is 8.96. The topological polar surface area (TPSA) is 39.7 Å². The summed E-state index contributed by atoms with van der Waals surface area (Å²) in [6.07, 6.45) is 9.99. The van der Waals surface area contributed by atoms with Crippen molar-refractivity contribution in [2.45, 2.75) is 75.7 Å². The number of fused-ring (bicyclic) bond motifs is 1. The number of ether oxygens (including phenoxy) is 3. The smallest absolute Gasteiger partial charge is 0.124 e. The van der Waals surface area contributed by atoms with Gasteiger partial charge in [-0.1, -0.05) is 30.3 Å². The van der Waals surface area contributed by atoms with Crippen molar-refractivity contribution in [1.82, 2.24) is 5.32 Å². The Balaban J connectivity index is 1.11. The van der Waals surface area contributed by atoms with Crippen LogP contribution in [-0.2, 0) is 11.2 Å². The van der Waals surface area contributed by atoms with Gasteiger partial charge < -0.3 is 19.5 Å². The van der Waals surface area contributed by atoms with Gasteiger partial charge in [0.05, 0.1) is 12.2 Å². The van der Waals surface area contributed by atoms with Crippen molar-refractivity contribution in [1.29, 1.82) is 0 Å². The van der Waals surface area contributed by atoms with Gasteiger partial charge in [0.1, 0.15) is 17.6 Å². The van der Waals surface area contributed by atoms with Gasteiger partial charge in [0.15, 0.2) is 0 Å². The van der Waals surface area contributed by atoms with E-state index in [9.17, 15) is 0 Å². The van der Waals surface area contributed by atoms with E-state index >= 15 is 0 Å². The Morgan fingerprint density at radius 2 is 1.80 bits per heavy atom. The van der Waals surface area contributed by atoms with Crippen LogP contribution in [0.3, 0.4) is 0 Å². The predicted octanol–water partition coefficient (Wildman–Crippen LogP) is 5.21. The lowest BCUT2D eigenvalue weighted by molar-refractivity contribution is 0.0985. The Labute approximate surface area is 179 Å². The van der Waals surface area contributed by atoms with Crippen LogP contribution < -0.4 is 14.8 Å². The van der Waals surface area contributed by atoms with E-state index in [1.54, 1.807) is 0 Å². The minimum Gasteiger partial charge on any atom is -0.490 e. The van der Waals surface area contributed by atoms with Crippen molar-refractivity contribution in [2.24, 2.45) is 0 Å². The molecule has 2 fully saturated rings. The number of rotatable bonds is 6. The Bertz CT molecular complexity index is 810. The largest absolute Gasteiger partial charge is 0.490 e. The molecular weight excluding hydrogens is 374 g/mol. The summed E-state index contributed by atoms with van der Waals surface area (Å²) < 4.78 is 18.3. The summed E-state index contributed by atoms with van der Waals surface area (Å²) in [6.45, 7) is 1.94. The van der Waals surface area contributed by atoms with Crippen LogP contribution in [0.4, 0.5) is 0 Å². The van der Waals surface area contributed by atoms with Crippen molar-refractivity contribution in [3.63, 3.8) is 0 Å². The van der Waals surface area contributed by atoms with E-state index in [1.165, 1.54) is 36.8 Å². The fourth-order valence-electron chi connectivity index (χ4n) is 5.02. The molecular formula is C26H33NO3. The Kier molecular flexibility index (Phi) is 6.24. The molecule has 2 atom stereocenters. The number of hydrogen-bond acceptors (Lipinski definition) is 4. The van der Waals surface area contributed by atoms with Gasteiger partial charge in [-0.25, -0.2) is 0 Å². The van der Waals surface area contributed by atoms with Gasteiger partial charge >= 0.3 is 0 Å². The second kappa shape index (κ2) is 9.40. The summed E-state index contributed by atoms with van der Waals surface area (Å²) in [5, 5.41) is 3.71. The van der Waals surface area contributed by atoms with E-state index in [0.717, 1.165) is 50.3 Å². The van der Waals surface area contributed by atoms with Crippen LogP contribution in [-0.4, -0.2) is 31.4 Å². The molecule has 0 aromatic heterocycles. The van der Waals surface area contributed by atoms with Crippen LogP contribution >= 0.6 is 0 Å². The molecule has 4 heteroatoms. The average Bonchev–Trinajstić information content (AvgIpc) is 3.33. The third kappa shape index (κ3) is 4.81. The first-order chi connectivity index (χ1) is 14.8. The Morgan fingerprint density at radius 3 is 2.60 bits per heavy atom. The first-order valence-electron chi connectivity index (χ1n) is 11.7. The molecule has 1 N–H and O–H groups in total. The summed E-state index contributed by atoms with van der Waals surface area (Å²) in [4.78, 5) is 0. The van der Waals surface area contributed by atoms with E-state index in [0.29, 0.717) is 18.2 Å². The maximum Gasteiger partial charge on any atom is 0.124 e. The van der Waals surface area contributed by atoms with Gasteiger partial charge in [-0.15, -0.1) is 0 Å². The van der Waals surface area contributed by atoms with Crippen molar-refractivity contribution in [3.8, 4) is 11.5 Å². The molecule has 160 valence electrons. The maximum absolute atomic E-state index is 6.35. The number of nitrogens with one attached hydrogen (secondary N) is 1. The highest BCUT2D eigenvalue weighted by Gasteiger charge is 2.25. The van der Waals surface area contributed by atoms with Crippen LogP contribution in [0.15, 0.2) is 48.5 Å². The molecule has 2 unspecified atom stereocenters. The van der Waals surface area contributed by atoms with Gasteiger partial charge in [-0.05, 0) is 80.7 Å². The van der Waals surface area contributed by atoms with E-state index < -0.39 is 0 Å². The average molecular weight is 408 g/mol. The zero-order valence-corrected chi connectivity index (χ0v) is 17.7. The summed E-state index contributed by atoms with van der Waals surface area (Å²) in [5.41, 5.74) is 2.53. The highest BCUT2D eigenvalue weighted by atomic mass is 16.5. The summed E-state index contributed by atoms with van der Waals surface area (Å²) >= 11 is 0. The molecule has 3 aliphatic rings. The van der Waals surface area contributed by atoms with Crippen molar-refractivity contribution >= 4 is 0 Å². The highest BCUT2D eigenvalue weighted by molar-refractivity contribution is 5.42. The fourth-order valence-corrected chi connectivity index (χ4v) is 5.02. The molecule has 2 heterocycles. The lowest BCUT2D eigenvalue weighted by atomic mass is 9.92. The minimum atomic E-state index is 0.155. The molecule has 1 saturated heterocycles. The molecule has 1 saturated carbocycles. The predicted molar refractivity (Wildman–Crippen MR) is 118 cm³/mol. The van der Waals surface area contributed by atoms with Crippen LogP contribution in [0.1, 0.15) is 62.2 Å². The first kappa shape index (κ1) is 19.9. The van der Waals surface area contributed by atoms with E-state index in [1.807, 2.05) is 0 Å². The SMILES string of the molecule is c1ccc(C2CCc3cc(OC4CCC(NCC5CCCO5)CC4)ccc3O2)cc1. The van der Waals surface area contributed by atoms with Crippen molar-refractivity contribution in [2.75, 3.05) is 13.2 Å². The van der Waals surface area contributed by atoms with E-state index in [4.69, 9.17) is 14.2 Å².